The Labute approximate surface area is 158 Å². The lowest BCUT2D eigenvalue weighted by molar-refractivity contribution is 0.0869. The number of fused-ring (bicyclic) bond motifs is 1. The number of carbonyl (C=O) groups excluding carboxylic acids is 2. The van der Waals surface area contributed by atoms with Crippen LogP contribution in [0.5, 0.6) is 0 Å². The Morgan fingerprint density at radius 1 is 1.00 bits per heavy atom. The standard InChI is InChI=1S/C19H20N2O5S/c22-18-16-10-4-5-11-17(16)27(24,25)21(18)13-7-6-12-20-19(23)26-14-15-8-2-1-3-9-15/h1-5,8-11H,6-7,12-14H2,(H,20,23). The minimum Gasteiger partial charge on any atom is -0.445 e. The van der Waals surface area contributed by atoms with Gasteiger partial charge in [-0.05, 0) is 30.5 Å². The average Bonchev–Trinajstić information content (AvgIpc) is 2.87. The van der Waals surface area contributed by atoms with Crippen molar-refractivity contribution in [3.05, 3.63) is 65.7 Å². The van der Waals surface area contributed by atoms with Crippen LogP contribution in [0.25, 0.3) is 0 Å². The molecule has 1 aliphatic rings. The van der Waals surface area contributed by atoms with E-state index in [1.807, 2.05) is 30.3 Å². The van der Waals surface area contributed by atoms with Gasteiger partial charge in [-0.25, -0.2) is 17.5 Å². The number of rotatable bonds is 7. The van der Waals surface area contributed by atoms with Gasteiger partial charge in [-0.2, -0.15) is 0 Å². The number of hydrogen-bond donors (Lipinski definition) is 1. The zero-order chi connectivity index (χ0) is 19.3. The smallest absolute Gasteiger partial charge is 0.407 e. The molecule has 0 saturated carbocycles. The summed E-state index contributed by atoms with van der Waals surface area (Å²) in [5.41, 5.74) is 1.10. The lowest BCUT2D eigenvalue weighted by Gasteiger charge is -2.15. The van der Waals surface area contributed by atoms with Crippen molar-refractivity contribution in [1.82, 2.24) is 9.62 Å². The molecule has 2 aromatic carbocycles. The summed E-state index contributed by atoms with van der Waals surface area (Å²) < 4.78 is 30.8. The first-order valence-electron chi connectivity index (χ1n) is 8.61. The largest absolute Gasteiger partial charge is 0.445 e. The van der Waals surface area contributed by atoms with Crippen molar-refractivity contribution >= 4 is 22.0 Å². The first kappa shape index (κ1) is 18.9. The molecule has 27 heavy (non-hydrogen) atoms. The number of carbonyl (C=O) groups is 2. The molecule has 0 aliphatic carbocycles. The summed E-state index contributed by atoms with van der Waals surface area (Å²) in [6.07, 6.45) is 0.435. The molecule has 0 spiro atoms. The molecule has 0 radical (unpaired) electrons. The lowest BCUT2D eigenvalue weighted by Crippen LogP contribution is -2.32. The van der Waals surface area contributed by atoms with Crippen LogP contribution in [-0.4, -0.2) is 37.8 Å². The van der Waals surface area contributed by atoms with E-state index >= 15 is 0 Å². The van der Waals surface area contributed by atoms with Crippen LogP contribution >= 0.6 is 0 Å². The Morgan fingerprint density at radius 2 is 1.70 bits per heavy atom. The number of ether oxygens (including phenoxy) is 1. The molecule has 2 amide bonds. The first-order chi connectivity index (χ1) is 13.0. The first-order valence-corrected chi connectivity index (χ1v) is 10.0. The van der Waals surface area contributed by atoms with Crippen molar-refractivity contribution in [3.8, 4) is 0 Å². The number of sulfonamides is 1. The highest BCUT2D eigenvalue weighted by Gasteiger charge is 2.40. The molecule has 0 fully saturated rings. The van der Waals surface area contributed by atoms with Crippen molar-refractivity contribution in [3.63, 3.8) is 0 Å². The van der Waals surface area contributed by atoms with Crippen LogP contribution in [0.2, 0.25) is 0 Å². The van der Waals surface area contributed by atoms with E-state index in [4.69, 9.17) is 4.74 Å². The third-order valence-corrected chi connectivity index (χ3v) is 6.02. The summed E-state index contributed by atoms with van der Waals surface area (Å²) >= 11 is 0. The van der Waals surface area contributed by atoms with Crippen molar-refractivity contribution < 1.29 is 22.7 Å². The molecular weight excluding hydrogens is 368 g/mol. The molecule has 1 aliphatic heterocycles. The highest BCUT2D eigenvalue weighted by atomic mass is 32.2. The second kappa shape index (κ2) is 8.22. The van der Waals surface area contributed by atoms with E-state index in [0.29, 0.717) is 19.4 Å². The quantitative estimate of drug-likeness (QED) is 0.736. The number of nitrogens with one attached hydrogen (secondary N) is 1. The van der Waals surface area contributed by atoms with Gasteiger partial charge in [-0.1, -0.05) is 42.5 Å². The van der Waals surface area contributed by atoms with Gasteiger partial charge in [-0.15, -0.1) is 0 Å². The van der Waals surface area contributed by atoms with Crippen LogP contribution in [-0.2, 0) is 21.4 Å². The molecular formula is C19H20N2O5S. The predicted octanol–water partition coefficient (Wildman–Crippen LogP) is 2.54. The molecule has 1 N–H and O–H groups in total. The maximum atomic E-state index is 12.4. The molecule has 7 nitrogen and oxygen atoms in total. The predicted molar refractivity (Wildman–Crippen MR) is 98.5 cm³/mol. The second-order valence-electron chi connectivity index (χ2n) is 6.07. The van der Waals surface area contributed by atoms with Crippen molar-refractivity contribution in [2.45, 2.75) is 24.3 Å². The Bertz CT molecular complexity index is 928. The van der Waals surface area contributed by atoms with E-state index < -0.39 is 22.0 Å². The van der Waals surface area contributed by atoms with Gasteiger partial charge in [-0.3, -0.25) is 4.79 Å². The molecule has 0 saturated heterocycles. The highest BCUT2D eigenvalue weighted by molar-refractivity contribution is 7.90. The zero-order valence-electron chi connectivity index (χ0n) is 14.6. The Kier molecular flexibility index (Phi) is 5.75. The fraction of sp³-hybridized carbons (Fsp3) is 0.263. The van der Waals surface area contributed by atoms with E-state index in [1.54, 1.807) is 12.1 Å². The van der Waals surface area contributed by atoms with Gasteiger partial charge in [0.05, 0.1) is 5.56 Å². The third kappa shape index (κ3) is 4.28. The van der Waals surface area contributed by atoms with Gasteiger partial charge in [0, 0.05) is 13.1 Å². The summed E-state index contributed by atoms with van der Waals surface area (Å²) in [6, 6.07) is 15.5. The monoisotopic (exact) mass is 388 g/mol. The number of hydrogen-bond acceptors (Lipinski definition) is 5. The molecule has 0 bridgehead atoms. The van der Waals surface area contributed by atoms with Gasteiger partial charge in [0.15, 0.2) is 0 Å². The van der Waals surface area contributed by atoms with Crippen molar-refractivity contribution in [2.24, 2.45) is 0 Å². The SMILES string of the molecule is O=C(NCCCCN1C(=O)c2ccccc2S1(=O)=O)OCc1ccccc1. The normalized spacial score (nSPS) is 14.7. The summed E-state index contributed by atoms with van der Waals surface area (Å²) in [5.74, 6) is -0.499. The third-order valence-electron chi connectivity index (χ3n) is 4.18. The lowest BCUT2D eigenvalue weighted by atomic mass is 10.2. The molecule has 8 heteroatoms. The van der Waals surface area contributed by atoms with Gasteiger partial charge in [0.2, 0.25) is 0 Å². The molecule has 0 aromatic heterocycles. The molecule has 0 atom stereocenters. The van der Waals surface area contributed by atoms with Gasteiger partial charge in [0.25, 0.3) is 15.9 Å². The van der Waals surface area contributed by atoms with E-state index in [9.17, 15) is 18.0 Å². The molecule has 1 heterocycles. The average molecular weight is 388 g/mol. The van der Waals surface area contributed by atoms with Crippen LogP contribution in [0.3, 0.4) is 0 Å². The Morgan fingerprint density at radius 3 is 2.44 bits per heavy atom. The van der Waals surface area contributed by atoms with E-state index in [0.717, 1.165) is 9.87 Å². The number of amides is 2. The zero-order valence-corrected chi connectivity index (χ0v) is 15.4. The fourth-order valence-corrected chi connectivity index (χ4v) is 4.40. The Balaban J connectivity index is 1.39. The minimum absolute atomic E-state index is 0.0533. The van der Waals surface area contributed by atoms with Crippen LogP contribution in [0.1, 0.15) is 28.8 Å². The maximum Gasteiger partial charge on any atom is 0.407 e. The summed E-state index contributed by atoms with van der Waals surface area (Å²) in [7, 11) is -3.77. The van der Waals surface area contributed by atoms with E-state index in [-0.39, 0.29) is 23.6 Å². The Hall–Kier alpha value is -2.87. The van der Waals surface area contributed by atoms with Crippen molar-refractivity contribution in [2.75, 3.05) is 13.1 Å². The molecule has 3 rings (SSSR count). The number of nitrogens with zero attached hydrogens (tertiary/aromatic N) is 1. The van der Waals surface area contributed by atoms with Crippen LogP contribution in [0.4, 0.5) is 4.79 Å². The highest BCUT2D eigenvalue weighted by Crippen LogP contribution is 2.29. The summed E-state index contributed by atoms with van der Waals surface area (Å²) in [6.45, 7) is 0.602. The van der Waals surface area contributed by atoms with Gasteiger partial charge in [0.1, 0.15) is 11.5 Å². The number of unbranched alkanes of at least 4 members (excludes halogenated alkanes) is 1. The number of benzene rings is 2. The van der Waals surface area contributed by atoms with Crippen LogP contribution in [0.15, 0.2) is 59.5 Å². The summed E-state index contributed by atoms with van der Waals surface area (Å²) in [5, 5.41) is 2.61. The topological polar surface area (TPSA) is 92.8 Å². The van der Waals surface area contributed by atoms with Crippen LogP contribution < -0.4 is 5.32 Å². The molecule has 2 aromatic rings. The molecule has 0 unspecified atom stereocenters. The number of alkyl carbamates (subject to hydrolysis) is 1. The van der Waals surface area contributed by atoms with Gasteiger partial charge >= 0.3 is 6.09 Å². The van der Waals surface area contributed by atoms with Crippen LogP contribution in [0, 0.1) is 0 Å². The van der Waals surface area contributed by atoms with E-state index in [2.05, 4.69) is 5.32 Å². The van der Waals surface area contributed by atoms with Crippen molar-refractivity contribution in [1.29, 1.82) is 0 Å². The summed E-state index contributed by atoms with van der Waals surface area (Å²) in [4.78, 5) is 24.0. The minimum atomic E-state index is -3.77. The molecule has 142 valence electrons. The van der Waals surface area contributed by atoms with Gasteiger partial charge < -0.3 is 10.1 Å². The fourth-order valence-electron chi connectivity index (χ4n) is 2.80. The maximum absolute atomic E-state index is 12.4. The second-order valence-corrected chi connectivity index (χ2v) is 7.90. The van der Waals surface area contributed by atoms with E-state index in [1.165, 1.54) is 12.1 Å².